The standard InChI is InChI=1S/C13H5BrF5NO/c14-6-1-5(3-20-4-6)2-7(21)8-9(15)11(17)13(19)12(18)10(8)16/h1,3-4H,2H2. The van der Waals surface area contributed by atoms with Gasteiger partial charge in [0, 0.05) is 23.3 Å². The molecule has 8 heteroatoms. The molecule has 0 unspecified atom stereocenters. The number of hydrogen-bond acceptors (Lipinski definition) is 2. The molecule has 2 nitrogen and oxygen atoms in total. The minimum absolute atomic E-state index is 0.262. The first-order valence-electron chi connectivity index (χ1n) is 5.47. The van der Waals surface area contributed by atoms with Crippen molar-refractivity contribution in [1.82, 2.24) is 4.98 Å². The van der Waals surface area contributed by atoms with Crippen LogP contribution >= 0.6 is 15.9 Å². The Bertz CT molecular complexity index is 706. The van der Waals surface area contributed by atoms with E-state index in [2.05, 4.69) is 20.9 Å². The number of rotatable bonds is 3. The molecule has 0 saturated heterocycles. The smallest absolute Gasteiger partial charge is 0.200 e. The van der Waals surface area contributed by atoms with Gasteiger partial charge in [-0.25, -0.2) is 22.0 Å². The highest BCUT2D eigenvalue weighted by molar-refractivity contribution is 9.10. The highest BCUT2D eigenvalue weighted by atomic mass is 79.9. The Kier molecular flexibility index (Phi) is 4.36. The summed E-state index contributed by atoms with van der Waals surface area (Å²) in [5, 5.41) is 0. The molecule has 0 fully saturated rings. The van der Waals surface area contributed by atoms with Crippen molar-refractivity contribution in [3.63, 3.8) is 0 Å². The van der Waals surface area contributed by atoms with E-state index in [-0.39, 0.29) is 5.56 Å². The largest absolute Gasteiger partial charge is 0.294 e. The molecule has 2 rings (SSSR count). The lowest BCUT2D eigenvalue weighted by atomic mass is 10.0. The molecule has 0 radical (unpaired) electrons. The zero-order valence-electron chi connectivity index (χ0n) is 10.1. The lowest BCUT2D eigenvalue weighted by molar-refractivity contribution is 0.0981. The van der Waals surface area contributed by atoms with E-state index in [0.717, 1.165) is 0 Å². The summed E-state index contributed by atoms with van der Waals surface area (Å²) < 4.78 is 66.4. The number of carbonyl (C=O) groups is 1. The molecule has 0 spiro atoms. The molecule has 2 aromatic rings. The van der Waals surface area contributed by atoms with Crippen LogP contribution in [0, 0.1) is 29.1 Å². The van der Waals surface area contributed by atoms with E-state index < -0.39 is 46.9 Å². The topological polar surface area (TPSA) is 30.0 Å². The Morgan fingerprint density at radius 1 is 0.952 bits per heavy atom. The van der Waals surface area contributed by atoms with Crippen LogP contribution in [0.5, 0.6) is 0 Å². The van der Waals surface area contributed by atoms with E-state index in [0.29, 0.717) is 4.47 Å². The Morgan fingerprint density at radius 2 is 1.48 bits per heavy atom. The SMILES string of the molecule is O=C(Cc1cncc(Br)c1)c1c(F)c(F)c(F)c(F)c1F. The molecule has 1 aromatic heterocycles. The summed E-state index contributed by atoms with van der Waals surface area (Å²) in [6.07, 6.45) is 2.10. The summed E-state index contributed by atoms with van der Waals surface area (Å²) in [5.74, 6) is -12.1. The molecule has 21 heavy (non-hydrogen) atoms. The number of benzene rings is 1. The second kappa shape index (κ2) is 5.88. The number of ketones is 1. The van der Waals surface area contributed by atoms with Crippen LogP contribution in [0.2, 0.25) is 0 Å². The zero-order valence-corrected chi connectivity index (χ0v) is 11.6. The average Bonchev–Trinajstić information content (AvgIpc) is 2.43. The minimum Gasteiger partial charge on any atom is -0.294 e. The molecular formula is C13H5BrF5NO. The third kappa shape index (κ3) is 2.94. The molecule has 110 valence electrons. The van der Waals surface area contributed by atoms with Crippen molar-refractivity contribution >= 4 is 21.7 Å². The Hall–Kier alpha value is -1.83. The number of pyridine rings is 1. The number of nitrogens with zero attached hydrogens (tertiary/aromatic N) is 1. The highest BCUT2D eigenvalue weighted by Gasteiger charge is 2.29. The van der Waals surface area contributed by atoms with Gasteiger partial charge in [0.1, 0.15) is 0 Å². The third-order valence-corrected chi connectivity index (χ3v) is 3.05. The van der Waals surface area contributed by atoms with Crippen molar-refractivity contribution < 1.29 is 26.7 Å². The quantitative estimate of drug-likeness (QED) is 0.356. The van der Waals surface area contributed by atoms with Gasteiger partial charge < -0.3 is 0 Å². The monoisotopic (exact) mass is 365 g/mol. The number of aromatic nitrogens is 1. The van der Waals surface area contributed by atoms with Gasteiger partial charge in [0.25, 0.3) is 0 Å². The van der Waals surface area contributed by atoms with Crippen molar-refractivity contribution in [3.05, 3.63) is 63.1 Å². The van der Waals surface area contributed by atoms with E-state index >= 15 is 0 Å². The summed E-state index contributed by atoms with van der Waals surface area (Å²) in [4.78, 5) is 15.5. The molecule has 1 aromatic carbocycles. The molecule has 0 amide bonds. The Morgan fingerprint density at radius 3 is 2.00 bits per heavy atom. The summed E-state index contributed by atoms with van der Waals surface area (Å²) in [7, 11) is 0. The highest BCUT2D eigenvalue weighted by Crippen LogP contribution is 2.24. The van der Waals surface area contributed by atoms with E-state index in [4.69, 9.17) is 0 Å². The van der Waals surface area contributed by atoms with Crippen LogP contribution < -0.4 is 0 Å². The molecule has 0 N–H and O–H groups in total. The van der Waals surface area contributed by atoms with Crippen LogP contribution in [0.25, 0.3) is 0 Å². The fourth-order valence-corrected chi connectivity index (χ4v) is 2.09. The maximum Gasteiger partial charge on any atom is 0.200 e. The fourth-order valence-electron chi connectivity index (χ4n) is 1.68. The first-order valence-corrected chi connectivity index (χ1v) is 6.26. The van der Waals surface area contributed by atoms with Crippen molar-refractivity contribution in [3.8, 4) is 0 Å². The van der Waals surface area contributed by atoms with Gasteiger partial charge in [0.05, 0.1) is 5.56 Å². The normalized spacial score (nSPS) is 10.8. The number of hydrogen-bond donors (Lipinski definition) is 0. The molecule has 1 heterocycles. The van der Waals surface area contributed by atoms with Crippen molar-refractivity contribution in [2.24, 2.45) is 0 Å². The summed E-state index contributed by atoms with van der Waals surface area (Å²) in [5.41, 5.74) is -1.19. The Balaban J connectivity index is 2.45. The lowest BCUT2D eigenvalue weighted by Gasteiger charge is -2.07. The van der Waals surface area contributed by atoms with Gasteiger partial charge in [-0.05, 0) is 27.6 Å². The van der Waals surface area contributed by atoms with E-state index in [1.807, 2.05) is 0 Å². The van der Waals surface area contributed by atoms with Crippen LogP contribution in [0.3, 0.4) is 0 Å². The second-order valence-electron chi connectivity index (χ2n) is 4.06. The summed E-state index contributed by atoms with van der Waals surface area (Å²) in [6.45, 7) is 0. The summed E-state index contributed by atoms with van der Waals surface area (Å²) >= 11 is 3.08. The van der Waals surface area contributed by atoms with Gasteiger partial charge in [-0.15, -0.1) is 0 Å². The first kappa shape index (κ1) is 15.6. The molecule has 0 aliphatic carbocycles. The lowest BCUT2D eigenvalue weighted by Crippen LogP contribution is -2.14. The zero-order chi connectivity index (χ0) is 15.7. The van der Waals surface area contributed by atoms with Gasteiger partial charge in [-0.2, -0.15) is 0 Å². The number of Topliss-reactive ketones (excluding diaryl/α,β-unsaturated/α-hetero) is 1. The van der Waals surface area contributed by atoms with Crippen LogP contribution in [0.1, 0.15) is 15.9 Å². The van der Waals surface area contributed by atoms with E-state index in [1.54, 1.807) is 0 Å². The predicted molar refractivity (Wildman–Crippen MR) is 66.2 cm³/mol. The molecule has 0 bridgehead atoms. The fraction of sp³-hybridized carbons (Fsp3) is 0.0769. The van der Waals surface area contributed by atoms with Gasteiger partial charge in [0.2, 0.25) is 5.82 Å². The van der Waals surface area contributed by atoms with Crippen molar-refractivity contribution in [2.45, 2.75) is 6.42 Å². The molecule has 0 aliphatic heterocycles. The van der Waals surface area contributed by atoms with Gasteiger partial charge in [-0.1, -0.05) is 0 Å². The van der Waals surface area contributed by atoms with E-state index in [1.165, 1.54) is 18.5 Å². The van der Waals surface area contributed by atoms with Gasteiger partial charge in [-0.3, -0.25) is 9.78 Å². The second-order valence-corrected chi connectivity index (χ2v) is 4.97. The maximum absolute atomic E-state index is 13.5. The van der Waals surface area contributed by atoms with Gasteiger partial charge >= 0.3 is 0 Å². The van der Waals surface area contributed by atoms with Crippen LogP contribution in [-0.4, -0.2) is 10.8 Å². The third-order valence-electron chi connectivity index (χ3n) is 2.61. The maximum atomic E-state index is 13.5. The predicted octanol–water partition coefficient (Wildman–Crippen LogP) is 3.97. The van der Waals surface area contributed by atoms with Crippen LogP contribution in [0.15, 0.2) is 22.9 Å². The molecule has 0 atom stereocenters. The number of carbonyl (C=O) groups excluding carboxylic acids is 1. The van der Waals surface area contributed by atoms with Crippen LogP contribution in [-0.2, 0) is 6.42 Å². The minimum atomic E-state index is -2.30. The van der Waals surface area contributed by atoms with E-state index in [9.17, 15) is 26.7 Å². The van der Waals surface area contributed by atoms with Crippen LogP contribution in [0.4, 0.5) is 22.0 Å². The van der Waals surface area contributed by atoms with Crippen molar-refractivity contribution in [2.75, 3.05) is 0 Å². The molecular weight excluding hydrogens is 361 g/mol. The first-order chi connectivity index (χ1) is 9.82. The van der Waals surface area contributed by atoms with Crippen molar-refractivity contribution in [1.29, 1.82) is 0 Å². The number of halogens is 6. The molecule has 0 aliphatic rings. The summed E-state index contributed by atoms with van der Waals surface area (Å²) in [6, 6.07) is 1.44. The Labute approximate surface area is 123 Å². The molecule has 0 saturated carbocycles. The average molecular weight is 366 g/mol. The van der Waals surface area contributed by atoms with Gasteiger partial charge in [0.15, 0.2) is 29.1 Å².